The maximum atomic E-state index is 15.1. The van der Waals surface area contributed by atoms with Crippen molar-refractivity contribution < 1.29 is 26.1 Å². The Kier molecular flexibility index (Phi) is 3.27. The topological polar surface area (TPSA) is 136 Å². The number of sulfonamides is 1. The summed E-state index contributed by atoms with van der Waals surface area (Å²) in [6.07, 6.45) is 1.05. The number of anilines is 1. The summed E-state index contributed by atoms with van der Waals surface area (Å²) in [7, 11) is -4.40. The van der Waals surface area contributed by atoms with Gasteiger partial charge in [-0.25, -0.2) is 32.0 Å². The van der Waals surface area contributed by atoms with E-state index in [1.165, 1.54) is 13.8 Å². The number of nitrogens with one attached hydrogen (secondary N) is 1. The summed E-state index contributed by atoms with van der Waals surface area (Å²) in [5.41, 5.74) is 2.73. The molecule has 0 radical (unpaired) electrons. The summed E-state index contributed by atoms with van der Waals surface area (Å²) in [5.74, 6) is -2.36. The average molecular weight is 414 g/mol. The number of nitrogen functional groups attached to an aromatic ring is 1. The molecular weight excluding hydrogens is 387 g/mol. The molecule has 2 heterocycles. The molecule has 0 spiro atoms. The molecule has 0 aliphatic heterocycles. The van der Waals surface area contributed by atoms with Crippen LogP contribution in [-0.4, -0.2) is 45.3 Å². The third-order valence-corrected chi connectivity index (χ3v) is 5.11. The lowest BCUT2D eigenvalue weighted by molar-refractivity contribution is 0.0857. The smallest absolute Gasteiger partial charge is 0.240 e. The second-order valence-electron chi connectivity index (χ2n) is 6.66. The fourth-order valence-corrected chi connectivity index (χ4v) is 3.62. The molecule has 9 nitrogen and oxygen atoms in total. The van der Waals surface area contributed by atoms with Crippen LogP contribution in [-0.2, 0) is 10.0 Å². The summed E-state index contributed by atoms with van der Waals surface area (Å²) in [6.45, 7) is -3.52. The van der Waals surface area contributed by atoms with E-state index in [9.17, 15) is 13.5 Å². The van der Waals surface area contributed by atoms with E-state index < -0.39 is 63.5 Å². The second-order valence-corrected chi connectivity index (χ2v) is 8.43. The molecule has 0 saturated heterocycles. The number of hydrogen-bond donors (Lipinski definition) is 3. The largest absolute Gasteiger partial charge is 0.389 e. The van der Waals surface area contributed by atoms with Gasteiger partial charge in [-0.15, -0.1) is 0 Å². The monoisotopic (exact) mass is 414 g/mol. The van der Waals surface area contributed by atoms with Gasteiger partial charge in [-0.1, -0.05) is 0 Å². The number of nitrogens with zero attached hydrogens (tertiary/aromatic N) is 4. The van der Waals surface area contributed by atoms with Gasteiger partial charge in [0.25, 0.3) is 0 Å². The maximum Gasteiger partial charge on any atom is 0.240 e. The number of aryl methyl sites for hydroxylation is 1. The molecule has 0 saturated carbocycles. The SMILES string of the molecule is [2H]C([2H])([2H])c1nc(N)c2ncc(-c3cc(S(=O)(=O)NCC(C)(C)O)cc(F)c3C([2H])([2H])[2H])n2n1. The highest BCUT2D eigenvalue weighted by molar-refractivity contribution is 7.89. The molecule has 1 aromatic carbocycles. The van der Waals surface area contributed by atoms with Gasteiger partial charge in [0.15, 0.2) is 11.5 Å². The van der Waals surface area contributed by atoms with Crippen LogP contribution in [0.5, 0.6) is 0 Å². The number of fused-ring (bicyclic) bond motifs is 1. The molecule has 0 unspecified atom stereocenters. The van der Waals surface area contributed by atoms with Gasteiger partial charge in [0.1, 0.15) is 11.6 Å². The number of hydrogen-bond acceptors (Lipinski definition) is 7. The summed E-state index contributed by atoms with van der Waals surface area (Å²) in [5, 5.41) is 13.7. The molecule has 0 atom stereocenters. The van der Waals surface area contributed by atoms with Crippen LogP contribution in [0.2, 0.25) is 0 Å². The van der Waals surface area contributed by atoms with E-state index in [0.717, 1.165) is 16.8 Å². The van der Waals surface area contributed by atoms with Crippen molar-refractivity contribution in [2.45, 2.75) is 38.0 Å². The Morgan fingerprint density at radius 1 is 1.39 bits per heavy atom. The average Bonchev–Trinajstić information content (AvgIpc) is 3.08. The van der Waals surface area contributed by atoms with E-state index in [0.29, 0.717) is 6.07 Å². The highest BCUT2D eigenvalue weighted by Gasteiger charge is 2.23. The van der Waals surface area contributed by atoms with Gasteiger partial charge in [0.05, 0.1) is 22.4 Å². The van der Waals surface area contributed by atoms with Gasteiger partial charge in [0.2, 0.25) is 10.0 Å². The van der Waals surface area contributed by atoms with Crippen molar-refractivity contribution in [3.8, 4) is 11.3 Å². The Hall–Kier alpha value is -2.63. The molecule has 11 heteroatoms. The highest BCUT2D eigenvalue weighted by Crippen LogP contribution is 2.29. The standard InChI is InChI=1S/C17H21FN6O3S/c1-9-12(14-7-20-16-15(19)22-10(2)23-24(14)16)5-11(6-13(9)18)28(26,27)21-8-17(3,4)25/h5-7,21,25H,8H2,1-4H3,(H2,19,22,23)/i1D3,2D3. The van der Waals surface area contributed by atoms with E-state index in [1.54, 1.807) is 0 Å². The van der Waals surface area contributed by atoms with E-state index in [4.69, 9.17) is 14.0 Å². The molecule has 0 aliphatic rings. The van der Waals surface area contributed by atoms with Crippen LogP contribution in [0.15, 0.2) is 23.2 Å². The number of imidazole rings is 1. The molecule has 0 aliphatic carbocycles. The first-order valence-corrected chi connectivity index (χ1v) is 9.38. The van der Waals surface area contributed by atoms with Crippen LogP contribution in [0.3, 0.4) is 0 Å². The zero-order valence-corrected chi connectivity index (χ0v) is 15.7. The van der Waals surface area contributed by atoms with E-state index in [2.05, 4.69) is 19.8 Å². The van der Waals surface area contributed by atoms with Crippen molar-refractivity contribution in [3.05, 3.63) is 35.5 Å². The van der Waals surface area contributed by atoms with Gasteiger partial charge < -0.3 is 10.8 Å². The molecule has 150 valence electrons. The number of halogens is 1. The van der Waals surface area contributed by atoms with Crippen LogP contribution < -0.4 is 10.5 Å². The molecule has 28 heavy (non-hydrogen) atoms. The Bertz CT molecular complexity index is 1370. The maximum absolute atomic E-state index is 15.1. The van der Waals surface area contributed by atoms with Crippen molar-refractivity contribution in [2.24, 2.45) is 0 Å². The predicted octanol–water partition coefficient (Wildman–Crippen LogP) is 1.18. The summed E-state index contributed by atoms with van der Waals surface area (Å²) >= 11 is 0. The lowest BCUT2D eigenvalue weighted by atomic mass is 10.1. The van der Waals surface area contributed by atoms with Crippen LogP contribution >= 0.6 is 0 Å². The summed E-state index contributed by atoms with van der Waals surface area (Å²) < 4.78 is 89.4. The molecule has 3 aromatic rings. The third kappa shape index (κ3) is 3.81. The number of nitrogens with two attached hydrogens (primary N) is 1. The zero-order valence-electron chi connectivity index (χ0n) is 20.9. The van der Waals surface area contributed by atoms with Crippen LogP contribution in [0.1, 0.15) is 33.5 Å². The van der Waals surface area contributed by atoms with Gasteiger partial charge >= 0.3 is 0 Å². The first kappa shape index (κ1) is 13.5. The van der Waals surface area contributed by atoms with E-state index in [-0.39, 0.29) is 17.2 Å². The second kappa shape index (κ2) is 6.76. The third-order valence-electron chi connectivity index (χ3n) is 3.73. The molecule has 0 fully saturated rings. The van der Waals surface area contributed by atoms with Crippen molar-refractivity contribution >= 4 is 21.5 Å². The Balaban J connectivity index is 2.33. The minimum atomic E-state index is -4.40. The first-order valence-electron chi connectivity index (χ1n) is 10.9. The normalized spacial score (nSPS) is 16.7. The Morgan fingerprint density at radius 2 is 2.14 bits per heavy atom. The van der Waals surface area contributed by atoms with E-state index in [1.807, 2.05) is 0 Å². The van der Waals surface area contributed by atoms with Gasteiger partial charge in [-0.2, -0.15) is 5.10 Å². The molecule has 3 rings (SSSR count). The molecule has 0 bridgehead atoms. The minimum Gasteiger partial charge on any atom is -0.389 e. The molecule has 0 amide bonds. The molecule has 4 N–H and O–H groups in total. The number of benzene rings is 1. The van der Waals surface area contributed by atoms with Gasteiger partial charge in [-0.3, -0.25) is 0 Å². The molecular formula is C17H21FN6O3S. The summed E-state index contributed by atoms with van der Waals surface area (Å²) in [6, 6.07) is 1.44. The minimum absolute atomic E-state index is 0.145. The van der Waals surface area contributed by atoms with Gasteiger partial charge in [-0.05, 0) is 45.2 Å². The van der Waals surface area contributed by atoms with Crippen molar-refractivity contribution in [2.75, 3.05) is 12.3 Å². The Labute approximate surface area is 169 Å². The molecule has 2 aromatic heterocycles. The lowest BCUT2D eigenvalue weighted by Crippen LogP contribution is -2.38. The van der Waals surface area contributed by atoms with Crippen molar-refractivity contribution in [1.29, 1.82) is 0 Å². The number of aromatic nitrogens is 4. The van der Waals surface area contributed by atoms with Crippen LogP contribution in [0.4, 0.5) is 10.2 Å². The zero-order chi connectivity index (χ0) is 25.9. The fourth-order valence-electron chi connectivity index (χ4n) is 2.38. The van der Waals surface area contributed by atoms with E-state index >= 15 is 4.39 Å². The van der Waals surface area contributed by atoms with Gasteiger partial charge in [0, 0.05) is 20.3 Å². The number of rotatable bonds is 5. The quantitative estimate of drug-likeness (QED) is 0.570. The van der Waals surface area contributed by atoms with Crippen molar-refractivity contribution in [1.82, 2.24) is 24.3 Å². The van der Waals surface area contributed by atoms with Crippen LogP contribution in [0, 0.1) is 19.5 Å². The Morgan fingerprint density at radius 3 is 2.79 bits per heavy atom. The highest BCUT2D eigenvalue weighted by atomic mass is 32.2. The first-order chi connectivity index (χ1) is 15.3. The lowest BCUT2D eigenvalue weighted by Gasteiger charge is -2.18. The number of aliphatic hydroxyl groups is 1. The van der Waals surface area contributed by atoms with Crippen LogP contribution in [0.25, 0.3) is 16.9 Å². The fraction of sp³-hybridized carbons (Fsp3) is 0.353. The predicted molar refractivity (Wildman–Crippen MR) is 102 cm³/mol. The summed E-state index contributed by atoms with van der Waals surface area (Å²) in [4.78, 5) is 7.00. The van der Waals surface area contributed by atoms with Crippen molar-refractivity contribution in [3.63, 3.8) is 0 Å².